The van der Waals surface area contributed by atoms with Gasteiger partial charge in [-0.1, -0.05) is 12.1 Å². The van der Waals surface area contributed by atoms with Crippen molar-refractivity contribution in [1.29, 1.82) is 0 Å². The van der Waals surface area contributed by atoms with E-state index in [1.165, 1.54) is 0 Å². The minimum absolute atomic E-state index is 0. The Morgan fingerprint density at radius 3 is 2.53 bits per heavy atom. The van der Waals surface area contributed by atoms with Crippen LogP contribution in [-0.4, -0.2) is 22.5 Å². The summed E-state index contributed by atoms with van der Waals surface area (Å²) in [5, 5.41) is 3.05. The van der Waals surface area contributed by atoms with Crippen molar-refractivity contribution in [3.05, 3.63) is 30.1 Å². The highest BCUT2D eigenvalue weighted by molar-refractivity contribution is 5.85. The quantitative estimate of drug-likeness (QED) is 0.845. The number of fused-ring (bicyclic) bond motifs is 1. The van der Waals surface area contributed by atoms with E-state index in [2.05, 4.69) is 15.3 Å². The summed E-state index contributed by atoms with van der Waals surface area (Å²) >= 11 is 0. The fraction of sp³-hybridized carbons (Fsp3) is 0.222. The lowest BCUT2D eigenvalue weighted by molar-refractivity contribution is 0.775. The van der Waals surface area contributed by atoms with Crippen LogP contribution in [0.3, 0.4) is 0 Å². The van der Waals surface area contributed by atoms with Gasteiger partial charge in [-0.2, -0.15) is 0 Å². The van der Waals surface area contributed by atoms with Crippen molar-refractivity contribution in [3.8, 4) is 0 Å². The summed E-state index contributed by atoms with van der Waals surface area (Å²) in [4.78, 5) is 7.61. The molecular weight excluding hydrogens is 237 g/mol. The van der Waals surface area contributed by atoms with E-state index in [0.717, 1.165) is 23.4 Å². The van der Waals surface area contributed by atoms with E-state index < -0.39 is 0 Å². The van der Waals surface area contributed by atoms with Crippen molar-refractivity contribution in [2.24, 2.45) is 0 Å². The average Bonchev–Trinajstić information content (AvgIpc) is 2.47. The predicted molar refractivity (Wildman–Crippen MR) is 67.0 cm³/mol. The number of hydrogen-bond acceptors (Lipinski definition) is 2. The van der Waals surface area contributed by atoms with Crippen molar-refractivity contribution < 1.29 is 5.48 Å². The molecule has 0 bridgehead atoms. The zero-order valence-corrected chi connectivity index (χ0v) is 9.91. The first kappa shape index (κ1) is 16.6. The molecular formula is C9H15Cl2N3O. The van der Waals surface area contributed by atoms with Crippen LogP contribution in [0.25, 0.3) is 11.0 Å². The topological polar surface area (TPSA) is 72.2 Å². The zero-order valence-electron chi connectivity index (χ0n) is 8.28. The Hall–Kier alpha value is -0.810. The van der Waals surface area contributed by atoms with Crippen molar-refractivity contribution in [1.82, 2.24) is 15.3 Å². The second kappa shape index (κ2) is 7.48. The lowest BCUT2D eigenvalue weighted by Crippen LogP contribution is -2.06. The molecule has 1 aromatic carbocycles. The molecule has 0 aliphatic rings. The number of H-pyrrole nitrogens is 1. The molecule has 0 spiro atoms. The van der Waals surface area contributed by atoms with Crippen molar-refractivity contribution in [3.63, 3.8) is 0 Å². The van der Waals surface area contributed by atoms with E-state index in [0.29, 0.717) is 0 Å². The van der Waals surface area contributed by atoms with Crippen molar-refractivity contribution in [2.45, 2.75) is 6.54 Å². The summed E-state index contributed by atoms with van der Waals surface area (Å²) < 4.78 is 0. The van der Waals surface area contributed by atoms with Gasteiger partial charge in [0.05, 0.1) is 17.6 Å². The highest BCUT2D eigenvalue weighted by atomic mass is 35.5. The third-order valence-electron chi connectivity index (χ3n) is 1.78. The van der Waals surface area contributed by atoms with E-state index in [9.17, 15) is 0 Å². The second-order valence-corrected chi connectivity index (χ2v) is 2.73. The number of imidazole rings is 1. The fourth-order valence-corrected chi connectivity index (χ4v) is 1.26. The molecule has 0 amide bonds. The molecule has 0 atom stereocenters. The van der Waals surface area contributed by atoms with Gasteiger partial charge in [-0.15, -0.1) is 24.8 Å². The van der Waals surface area contributed by atoms with Gasteiger partial charge in [0.1, 0.15) is 5.82 Å². The molecule has 0 aliphatic carbocycles. The second-order valence-electron chi connectivity index (χ2n) is 2.73. The third kappa shape index (κ3) is 3.68. The summed E-state index contributed by atoms with van der Waals surface area (Å²) in [5.41, 5.74) is 2.13. The minimum atomic E-state index is 0. The largest absolute Gasteiger partial charge is 0.412 e. The predicted octanol–water partition coefficient (Wildman–Crippen LogP) is 1.30. The fourth-order valence-electron chi connectivity index (χ4n) is 1.26. The first-order valence-electron chi connectivity index (χ1n) is 3.98. The van der Waals surface area contributed by atoms with Gasteiger partial charge >= 0.3 is 0 Å². The SMILES string of the molecule is CNCc1nc2ccccc2[nH]1.Cl.Cl.O. The van der Waals surface area contributed by atoms with Crippen molar-refractivity contribution >= 4 is 35.8 Å². The standard InChI is InChI=1S/C9H11N3.2ClH.H2O/c1-10-6-9-11-7-4-2-3-5-8(7)12-9;;;/h2-5,10H,6H2,1H3,(H,11,12);2*1H;1H2. The lowest BCUT2D eigenvalue weighted by Gasteiger charge is -1.89. The first-order chi connectivity index (χ1) is 5.90. The molecule has 1 aromatic heterocycles. The van der Waals surface area contributed by atoms with Gasteiger partial charge in [-0.05, 0) is 19.2 Å². The molecule has 0 saturated carbocycles. The number of nitrogens with one attached hydrogen (secondary N) is 2. The molecule has 2 aromatic rings. The molecule has 0 aliphatic heterocycles. The van der Waals surface area contributed by atoms with Crippen LogP contribution in [0, 0.1) is 0 Å². The van der Waals surface area contributed by atoms with Crippen LogP contribution in [0.15, 0.2) is 24.3 Å². The van der Waals surface area contributed by atoms with Crippen LogP contribution in [0.4, 0.5) is 0 Å². The number of benzene rings is 1. The number of halogens is 2. The first-order valence-corrected chi connectivity index (χ1v) is 3.98. The maximum Gasteiger partial charge on any atom is 0.121 e. The molecule has 4 nitrogen and oxygen atoms in total. The van der Waals surface area contributed by atoms with Gasteiger partial charge in [-0.3, -0.25) is 0 Å². The minimum Gasteiger partial charge on any atom is -0.412 e. The Labute approximate surface area is 101 Å². The molecule has 0 saturated heterocycles. The summed E-state index contributed by atoms with van der Waals surface area (Å²) in [7, 11) is 1.91. The van der Waals surface area contributed by atoms with E-state index in [4.69, 9.17) is 0 Å². The van der Waals surface area contributed by atoms with Crippen LogP contribution in [0.5, 0.6) is 0 Å². The number of rotatable bonds is 2. The number of nitrogens with zero attached hydrogens (tertiary/aromatic N) is 1. The lowest BCUT2D eigenvalue weighted by atomic mass is 10.3. The summed E-state index contributed by atoms with van der Waals surface area (Å²) in [6, 6.07) is 8.03. The maximum atomic E-state index is 4.38. The smallest absolute Gasteiger partial charge is 0.121 e. The molecule has 1 heterocycles. The van der Waals surface area contributed by atoms with Crippen molar-refractivity contribution in [2.75, 3.05) is 7.05 Å². The Bertz CT molecular complexity index is 358. The molecule has 0 radical (unpaired) electrons. The summed E-state index contributed by atoms with van der Waals surface area (Å²) in [6.45, 7) is 0.786. The number of aromatic nitrogens is 2. The molecule has 6 heteroatoms. The van der Waals surface area contributed by atoms with E-state index in [1.54, 1.807) is 0 Å². The molecule has 86 valence electrons. The monoisotopic (exact) mass is 251 g/mol. The van der Waals surface area contributed by atoms with Gasteiger partial charge < -0.3 is 15.8 Å². The van der Waals surface area contributed by atoms with Crippen LogP contribution in [-0.2, 0) is 6.54 Å². The molecule has 0 unspecified atom stereocenters. The Morgan fingerprint density at radius 1 is 1.27 bits per heavy atom. The normalized spacial score (nSPS) is 8.60. The Morgan fingerprint density at radius 2 is 1.93 bits per heavy atom. The van der Waals surface area contributed by atoms with Gasteiger partial charge in [0.15, 0.2) is 0 Å². The average molecular weight is 252 g/mol. The molecule has 2 rings (SSSR count). The van der Waals surface area contributed by atoms with Gasteiger partial charge in [0.25, 0.3) is 0 Å². The van der Waals surface area contributed by atoms with Crippen LogP contribution >= 0.6 is 24.8 Å². The Kier molecular flexibility index (Phi) is 8.28. The highest BCUT2D eigenvalue weighted by Crippen LogP contribution is 2.09. The Balaban J connectivity index is 0. The van der Waals surface area contributed by atoms with E-state index in [-0.39, 0.29) is 30.3 Å². The van der Waals surface area contributed by atoms with Crippen LogP contribution in [0.2, 0.25) is 0 Å². The number of para-hydroxylation sites is 2. The molecule has 4 N–H and O–H groups in total. The maximum absolute atomic E-state index is 4.38. The summed E-state index contributed by atoms with van der Waals surface area (Å²) in [5.74, 6) is 0.985. The number of hydrogen-bond donors (Lipinski definition) is 2. The molecule has 0 fully saturated rings. The van der Waals surface area contributed by atoms with E-state index in [1.807, 2.05) is 31.3 Å². The third-order valence-corrected chi connectivity index (χ3v) is 1.78. The van der Waals surface area contributed by atoms with Gasteiger partial charge in [-0.25, -0.2) is 4.98 Å². The zero-order chi connectivity index (χ0) is 8.39. The summed E-state index contributed by atoms with van der Waals surface area (Å²) in [6.07, 6.45) is 0. The number of aromatic amines is 1. The van der Waals surface area contributed by atoms with Gasteiger partial charge in [0.2, 0.25) is 0 Å². The highest BCUT2D eigenvalue weighted by Gasteiger charge is 1.98. The van der Waals surface area contributed by atoms with Crippen LogP contribution < -0.4 is 5.32 Å². The van der Waals surface area contributed by atoms with Gasteiger partial charge in [0, 0.05) is 0 Å². The van der Waals surface area contributed by atoms with E-state index >= 15 is 0 Å². The van der Waals surface area contributed by atoms with Crippen LogP contribution in [0.1, 0.15) is 5.82 Å². The molecule has 15 heavy (non-hydrogen) atoms.